The summed E-state index contributed by atoms with van der Waals surface area (Å²) in [5, 5.41) is 0. The van der Waals surface area contributed by atoms with E-state index in [1.165, 1.54) is 32.1 Å². The van der Waals surface area contributed by atoms with Gasteiger partial charge in [-0.1, -0.05) is 32.1 Å². The Labute approximate surface area is 111 Å². The van der Waals surface area contributed by atoms with Crippen LogP contribution in [0.25, 0.3) is 0 Å². The van der Waals surface area contributed by atoms with Crippen LogP contribution in [-0.4, -0.2) is 33.8 Å². The maximum atomic E-state index is 5.25. The molecule has 0 atom stereocenters. The molecule has 0 aromatic carbocycles. The molecule has 5 nitrogen and oxygen atoms in total. The SMILES string of the molecule is COC(CCCCCCCCCNN)(OC)OC. The van der Waals surface area contributed by atoms with E-state index in [1.54, 1.807) is 21.3 Å². The van der Waals surface area contributed by atoms with Crippen LogP contribution < -0.4 is 11.3 Å². The first-order chi connectivity index (χ1) is 8.74. The van der Waals surface area contributed by atoms with E-state index in [2.05, 4.69) is 5.43 Å². The van der Waals surface area contributed by atoms with Crippen LogP contribution in [0.5, 0.6) is 0 Å². The van der Waals surface area contributed by atoms with Gasteiger partial charge < -0.3 is 14.2 Å². The van der Waals surface area contributed by atoms with Crippen LogP contribution in [0.15, 0.2) is 0 Å². The standard InChI is InChI=1S/C13H30N2O3/c1-16-13(17-2,18-3)11-9-7-5-4-6-8-10-12-15-14/h15H,4-12,14H2,1-3H3. The van der Waals surface area contributed by atoms with Crippen molar-refractivity contribution in [2.24, 2.45) is 5.84 Å². The second-order valence-electron chi connectivity index (χ2n) is 4.47. The Hall–Kier alpha value is -0.200. The zero-order valence-corrected chi connectivity index (χ0v) is 12.2. The van der Waals surface area contributed by atoms with E-state index >= 15 is 0 Å². The highest BCUT2D eigenvalue weighted by atomic mass is 16.9. The van der Waals surface area contributed by atoms with E-state index in [4.69, 9.17) is 20.1 Å². The Kier molecular flexibility index (Phi) is 11.7. The molecule has 0 saturated heterocycles. The molecule has 0 heterocycles. The van der Waals surface area contributed by atoms with Gasteiger partial charge in [-0.15, -0.1) is 0 Å². The topological polar surface area (TPSA) is 65.7 Å². The van der Waals surface area contributed by atoms with Crippen molar-refractivity contribution >= 4 is 0 Å². The molecule has 0 amide bonds. The van der Waals surface area contributed by atoms with Crippen molar-refractivity contribution < 1.29 is 14.2 Å². The minimum absolute atomic E-state index is 0.771. The summed E-state index contributed by atoms with van der Waals surface area (Å²) in [4.78, 5) is 0. The quantitative estimate of drug-likeness (QED) is 0.230. The highest BCUT2D eigenvalue weighted by molar-refractivity contribution is 4.56. The van der Waals surface area contributed by atoms with Gasteiger partial charge in [0.2, 0.25) is 0 Å². The van der Waals surface area contributed by atoms with Crippen molar-refractivity contribution in [2.75, 3.05) is 27.9 Å². The number of nitrogens with two attached hydrogens (primary N) is 1. The number of hydrogen-bond acceptors (Lipinski definition) is 5. The molecule has 0 aliphatic heterocycles. The molecule has 0 aliphatic carbocycles. The van der Waals surface area contributed by atoms with Crippen molar-refractivity contribution in [1.29, 1.82) is 0 Å². The zero-order valence-electron chi connectivity index (χ0n) is 12.2. The molecule has 18 heavy (non-hydrogen) atoms. The average molecular weight is 262 g/mol. The van der Waals surface area contributed by atoms with Crippen molar-refractivity contribution in [3.05, 3.63) is 0 Å². The van der Waals surface area contributed by atoms with Gasteiger partial charge in [-0.05, 0) is 12.8 Å². The Balaban J connectivity index is 3.38. The van der Waals surface area contributed by atoms with Crippen molar-refractivity contribution in [1.82, 2.24) is 5.43 Å². The lowest BCUT2D eigenvalue weighted by molar-refractivity contribution is -0.355. The lowest BCUT2D eigenvalue weighted by atomic mass is 10.1. The fourth-order valence-corrected chi connectivity index (χ4v) is 2.01. The Bertz CT molecular complexity index is 167. The second kappa shape index (κ2) is 11.9. The molecule has 0 saturated carbocycles. The van der Waals surface area contributed by atoms with Gasteiger partial charge in [-0.3, -0.25) is 11.3 Å². The monoisotopic (exact) mass is 262 g/mol. The van der Waals surface area contributed by atoms with E-state index in [9.17, 15) is 0 Å². The molecule has 0 rings (SSSR count). The van der Waals surface area contributed by atoms with E-state index in [1.807, 2.05) is 0 Å². The summed E-state index contributed by atoms with van der Waals surface area (Å²) in [6.07, 6.45) is 9.25. The summed E-state index contributed by atoms with van der Waals surface area (Å²) in [6, 6.07) is 0. The summed E-state index contributed by atoms with van der Waals surface area (Å²) < 4.78 is 15.7. The third-order valence-corrected chi connectivity index (χ3v) is 3.24. The third kappa shape index (κ3) is 8.00. The average Bonchev–Trinajstić information content (AvgIpc) is 2.42. The van der Waals surface area contributed by atoms with Gasteiger partial charge in [0.25, 0.3) is 5.97 Å². The summed E-state index contributed by atoms with van der Waals surface area (Å²) in [6.45, 7) is 0.915. The number of unbranched alkanes of at least 4 members (excludes halogenated alkanes) is 6. The van der Waals surface area contributed by atoms with Crippen molar-refractivity contribution in [2.45, 2.75) is 57.3 Å². The molecule has 0 fully saturated rings. The molecule has 0 spiro atoms. The van der Waals surface area contributed by atoms with Crippen LogP contribution in [0.2, 0.25) is 0 Å². The first kappa shape index (κ1) is 17.8. The zero-order chi connectivity index (χ0) is 13.7. The molecule has 0 unspecified atom stereocenters. The van der Waals surface area contributed by atoms with Gasteiger partial charge in [0.1, 0.15) is 0 Å². The van der Waals surface area contributed by atoms with Crippen LogP contribution in [0.4, 0.5) is 0 Å². The van der Waals surface area contributed by atoms with Gasteiger partial charge in [0.15, 0.2) is 0 Å². The first-order valence-corrected chi connectivity index (χ1v) is 6.83. The Morgan fingerprint density at radius 3 is 1.67 bits per heavy atom. The maximum Gasteiger partial charge on any atom is 0.282 e. The smallest absolute Gasteiger partial charge is 0.282 e. The van der Waals surface area contributed by atoms with Gasteiger partial charge in [0.05, 0.1) is 0 Å². The number of hydrazine groups is 1. The molecular weight excluding hydrogens is 232 g/mol. The predicted molar refractivity (Wildman–Crippen MR) is 72.9 cm³/mol. The molecule has 3 N–H and O–H groups in total. The van der Waals surface area contributed by atoms with E-state index < -0.39 is 5.97 Å². The fourth-order valence-electron chi connectivity index (χ4n) is 2.01. The highest BCUT2D eigenvalue weighted by Gasteiger charge is 2.28. The van der Waals surface area contributed by atoms with Crippen LogP contribution in [0.3, 0.4) is 0 Å². The summed E-state index contributed by atoms with van der Waals surface area (Å²) in [5.74, 6) is 4.35. The van der Waals surface area contributed by atoms with Crippen LogP contribution >= 0.6 is 0 Å². The van der Waals surface area contributed by atoms with Crippen LogP contribution in [0.1, 0.15) is 51.4 Å². The maximum absolute atomic E-state index is 5.25. The second-order valence-corrected chi connectivity index (χ2v) is 4.47. The van der Waals surface area contributed by atoms with E-state index in [-0.39, 0.29) is 0 Å². The number of ether oxygens (including phenoxy) is 3. The Morgan fingerprint density at radius 2 is 1.22 bits per heavy atom. The highest BCUT2D eigenvalue weighted by Crippen LogP contribution is 2.21. The molecule has 0 aliphatic rings. The third-order valence-electron chi connectivity index (χ3n) is 3.24. The van der Waals surface area contributed by atoms with Crippen molar-refractivity contribution in [3.63, 3.8) is 0 Å². The molecule has 110 valence electrons. The van der Waals surface area contributed by atoms with E-state index in [0.29, 0.717) is 0 Å². The summed E-state index contributed by atoms with van der Waals surface area (Å²) in [5.41, 5.74) is 2.67. The van der Waals surface area contributed by atoms with Crippen LogP contribution in [0, 0.1) is 0 Å². The van der Waals surface area contributed by atoms with Gasteiger partial charge >= 0.3 is 0 Å². The molecule has 0 radical (unpaired) electrons. The number of methoxy groups -OCH3 is 3. The number of hydrogen-bond donors (Lipinski definition) is 2. The molecule has 0 bridgehead atoms. The predicted octanol–water partition coefficient (Wildman–Crippen LogP) is 2.16. The normalized spacial score (nSPS) is 12.0. The fraction of sp³-hybridized carbons (Fsp3) is 1.00. The van der Waals surface area contributed by atoms with Gasteiger partial charge in [0, 0.05) is 34.3 Å². The molecule has 5 heteroatoms. The lowest BCUT2D eigenvalue weighted by Gasteiger charge is -2.28. The minimum Gasteiger partial charge on any atom is -0.331 e. The first-order valence-electron chi connectivity index (χ1n) is 6.83. The number of rotatable bonds is 13. The van der Waals surface area contributed by atoms with Crippen LogP contribution in [-0.2, 0) is 14.2 Å². The molecular formula is C13H30N2O3. The summed E-state index contributed by atoms with van der Waals surface area (Å²) >= 11 is 0. The lowest BCUT2D eigenvalue weighted by Crippen LogP contribution is -2.35. The summed E-state index contributed by atoms with van der Waals surface area (Å²) in [7, 11) is 4.83. The number of nitrogens with one attached hydrogen (secondary N) is 1. The molecule has 0 aromatic heterocycles. The minimum atomic E-state index is -0.854. The van der Waals surface area contributed by atoms with Crippen molar-refractivity contribution in [3.8, 4) is 0 Å². The van der Waals surface area contributed by atoms with Gasteiger partial charge in [-0.2, -0.15) is 0 Å². The molecule has 0 aromatic rings. The van der Waals surface area contributed by atoms with Gasteiger partial charge in [-0.25, -0.2) is 0 Å². The largest absolute Gasteiger partial charge is 0.331 e. The van der Waals surface area contributed by atoms with E-state index in [0.717, 1.165) is 25.8 Å². The Morgan fingerprint density at radius 1 is 0.778 bits per heavy atom.